The van der Waals surface area contributed by atoms with E-state index in [9.17, 15) is 5.11 Å². The fourth-order valence-electron chi connectivity index (χ4n) is 1.25. The summed E-state index contributed by atoms with van der Waals surface area (Å²) in [5.74, 6) is 0.635. The van der Waals surface area contributed by atoms with Gasteiger partial charge in [0, 0.05) is 16.1 Å². The maximum absolute atomic E-state index is 9.62. The van der Waals surface area contributed by atoms with Crippen LogP contribution in [0.4, 0.5) is 0 Å². The summed E-state index contributed by atoms with van der Waals surface area (Å²) in [6, 6.07) is 9.39. The summed E-state index contributed by atoms with van der Waals surface area (Å²) in [6.07, 6.45) is 0. The fraction of sp³-hybridized carbons (Fsp3) is 0. The number of halogens is 3. The van der Waals surface area contributed by atoms with Crippen LogP contribution in [0.1, 0.15) is 0 Å². The van der Waals surface area contributed by atoms with Crippen LogP contribution in [-0.2, 0) is 0 Å². The minimum atomic E-state index is -0.0523. The molecule has 0 amide bonds. The van der Waals surface area contributed by atoms with Gasteiger partial charge in [0.05, 0.1) is 5.02 Å². The molecule has 0 aliphatic rings. The molecule has 0 bridgehead atoms. The normalized spacial score (nSPS) is 9.72. The number of hydrogen-bond acceptors (Lipinski definition) is 2. The summed E-state index contributed by atoms with van der Waals surface area (Å²) < 4.78 is 5.45. The fourth-order valence-corrected chi connectivity index (χ4v) is 1.87. The van der Waals surface area contributed by atoms with E-state index in [0.717, 1.165) is 0 Å². The summed E-state index contributed by atoms with van der Waals surface area (Å²) in [6.45, 7) is 0. The van der Waals surface area contributed by atoms with Crippen LogP contribution in [0.5, 0.6) is 17.2 Å². The molecule has 6 heteroatoms. The third kappa shape index (κ3) is 3.95. The molecule has 0 aliphatic carbocycles. The molecule has 2 aromatic carbocycles. The van der Waals surface area contributed by atoms with Gasteiger partial charge in [-0.05, 0) is 30.3 Å². The number of hydrogen-bond donors (Lipinski definition) is 1. The molecule has 0 saturated carbocycles. The summed E-state index contributed by atoms with van der Waals surface area (Å²) in [4.78, 5) is 0. The molecule has 0 heterocycles. The molecule has 0 aromatic heterocycles. The van der Waals surface area contributed by atoms with Crippen LogP contribution in [0, 0.1) is 0 Å². The first-order valence-corrected chi connectivity index (χ1v) is 5.81. The van der Waals surface area contributed by atoms with Crippen LogP contribution in [0.3, 0.4) is 0 Å². The van der Waals surface area contributed by atoms with Crippen molar-refractivity contribution < 1.29 is 9.84 Å². The Morgan fingerprint density at radius 1 is 0.833 bits per heavy atom. The van der Waals surface area contributed by atoms with Crippen LogP contribution in [-0.4, -0.2) is 34.7 Å². The van der Waals surface area contributed by atoms with Crippen molar-refractivity contribution in [1.82, 2.24) is 0 Å². The minimum absolute atomic E-state index is 0. The van der Waals surface area contributed by atoms with E-state index < -0.39 is 0 Å². The van der Waals surface area contributed by atoms with Crippen LogP contribution in [0.15, 0.2) is 36.4 Å². The Bertz CT molecular complexity index is 512. The molecule has 2 rings (SSSR count). The van der Waals surface area contributed by atoms with Gasteiger partial charge in [0.25, 0.3) is 0 Å². The zero-order chi connectivity index (χ0) is 12.4. The van der Waals surface area contributed by atoms with Crippen molar-refractivity contribution in [3.8, 4) is 17.2 Å². The summed E-state index contributed by atoms with van der Waals surface area (Å²) in [5.41, 5.74) is 0. The first-order valence-electron chi connectivity index (χ1n) is 4.67. The van der Waals surface area contributed by atoms with Crippen LogP contribution >= 0.6 is 34.8 Å². The molecule has 2 aromatic rings. The molecular weight excluding hydrogens is 305 g/mol. The van der Waals surface area contributed by atoms with Gasteiger partial charge in [-0.2, -0.15) is 0 Å². The van der Waals surface area contributed by atoms with E-state index in [2.05, 4.69) is 0 Å². The maximum atomic E-state index is 9.62. The number of ether oxygens (including phenoxy) is 1. The average molecular weight is 314 g/mol. The summed E-state index contributed by atoms with van der Waals surface area (Å²) in [5, 5.41) is 10.9. The Morgan fingerprint density at radius 2 is 1.39 bits per heavy atom. The molecule has 2 nitrogen and oxygen atoms in total. The van der Waals surface area contributed by atoms with Crippen molar-refractivity contribution in [2.45, 2.75) is 0 Å². The molecule has 0 fully saturated rings. The van der Waals surface area contributed by atoms with Crippen LogP contribution in [0.25, 0.3) is 0 Å². The van der Waals surface area contributed by atoms with Gasteiger partial charge in [-0.3, -0.25) is 0 Å². The molecule has 1 N–H and O–H groups in total. The van der Waals surface area contributed by atoms with Gasteiger partial charge in [-0.1, -0.05) is 34.8 Å². The van der Waals surface area contributed by atoms with E-state index in [0.29, 0.717) is 20.8 Å². The Labute approximate surface area is 142 Å². The molecule has 0 atom stereocenters. The van der Waals surface area contributed by atoms with Crippen molar-refractivity contribution in [3.05, 3.63) is 51.5 Å². The van der Waals surface area contributed by atoms with Crippen molar-refractivity contribution >= 4 is 64.4 Å². The van der Waals surface area contributed by atoms with Crippen molar-refractivity contribution in [1.29, 1.82) is 0 Å². The zero-order valence-electron chi connectivity index (χ0n) is 8.45. The van der Waals surface area contributed by atoms with E-state index in [1.165, 1.54) is 6.07 Å². The third-order valence-electron chi connectivity index (χ3n) is 2.03. The summed E-state index contributed by atoms with van der Waals surface area (Å²) in [7, 11) is 0. The van der Waals surface area contributed by atoms with E-state index >= 15 is 0 Å². The van der Waals surface area contributed by atoms with E-state index in [-0.39, 0.29) is 41.1 Å². The molecule has 18 heavy (non-hydrogen) atoms. The number of rotatable bonds is 2. The van der Waals surface area contributed by atoms with E-state index in [1.807, 2.05) is 0 Å². The van der Waals surface area contributed by atoms with Crippen molar-refractivity contribution in [2.24, 2.45) is 0 Å². The van der Waals surface area contributed by atoms with Gasteiger partial charge in [-0.15, -0.1) is 0 Å². The first-order chi connectivity index (χ1) is 8.06. The molecule has 0 aliphatic heterocycles. The molecule has 0 spiro atoms. The predicted molar refractivity (Wildman–Crippen MR) is 76.8 cm³/mol. The second-order valence-corrected chi connectivity index (χ2v) is 4.57. The Kier molecular flexibility index (Phi) is 6.12. The number of aromatic hydroxyl groups is 1. The molecule has 0 radical (unpaired) electrons. The first kappa shape index (κ1) is 16.0. The molecule has 90 valence electrons. The second-order valence-electron chi connectivity index (χ2n) is 3.29. The quantitative estimate of drug-likeness (QED) is 0.827. The number of benzene rings is 2. The zero-order valence-corrected chi connectivity index (χ0v) is 10.7. The van der Waals surface area contributed by atoms with Crippen molar-refractivity contribution in [2.75, 3.05) is 0 Å². The Balaban J connectivity index is 0.00000162. The molecule has 0 unspecified atom stereocenters. The monoisotopic (exact) mass is 312 g/mol. The van der Waals surface area contributed by atoms with Gasteiger partial charge < -0.3 is 9.84 Å². The van der Waals surface area contributed by atoms with Gasteiger partial charge in [0.2, 0.25) is 0 Å². The summed E-state index contributed by atoms with van der Waals surface area (Å²) >= 11 is 17.4. The predicted octanol–water partition coefficient (Wildman–Crippen LogP) is 4.50. The van der Waals surface area contributed by atoms with Crippen LogP contribution < -0.4 is 4.74 Å². The second kappa shape index (κ2) is 6.90. The van der Waals surface area contributed by atoms with Gasteiger partial charge in [0.1, 0.15) is 5.75 Å². The standard InChI is InChI=1S/C12H7Cl3O2.Na.H/c13-7-1-3-11(9(15)5-7)17-12-4-2-8(14)6-10(12)16;;/h1-6,16H;;. The molecular formula is C12H8Cl3NaO2. The average Bonchev–Trinajstić information content (AvgIpc) is 2.25. The van der Waals surface area contributed by atoms with Crippen molar-refractivity contribution in [3.63, 3.8) is 0 Å². The van der Waals surface area contributed by atoms with E-state index in [4.69, 9.17) is 39.5 Å². The number of phenolic OH excluding ortho intramolecular Hbond substituents is 1. The van der Waals surface area contributed by atoms with Gasteiger partial charge in [0.15, 0.2) is 11.5 Å². The SMILES string of the molecule is Oc1cc(Cl)ccc1Oc1ccc(Cl)cc1Cl.[NaH]. The van der Waals surface area contributed by atoms with E-state index in [1.54, 1.807) is 30.3 Å². The van der Waals surface area contributed by atoms with Crippen LogP contribution in [0.2, 0.25) is 15.1 Å². The topological polar surface area (TPSA) is 29.5 Å². The Hall–Kier alpha value is -0.0900. The molecule has 0 saturated heterocycles. The third-order valence-corrected chi connectivity index (χ3v) is 2.80. The van der Waals surface area contributed by atoms with Gasteiger partial charge in [-0.25, -0.2) is 0 Å². The Morgan fingerprint density at radius 3 is 1.94 bits per heavy atom. The van der Waals surface area contributed by atoms with Gasteiger partial charge >= 0.3 is 29.6 Å². The number of phenols is 1.